The van der Waals surface area contributed by atoms with E-state index < -0.39 is 0 Å². The van der Waals surface area contributed by atoms with Crippen molar-refractivity contribution < 1.29 is 9.47 Å². The van der Waals surface area contributed by atoms with Crippen molar-refractivity contribution in [3.8, 4) is 22.8 Å². The van der Waals surface area contributed by atoms with Gasteiger partial charge >= 0.3 is 0 Å². The van der Waals surface area contributed by atoms with Gasteiger partial charge in [-0.1, -0.05) is 41.9 Å². The molecule has 1 heterocycles. The largest absolute Gasteiger partial charge is 0.490 e. The molecule has 146 valence electrons. The Morgan fingerprint density at radius 3 is 2.75 bits per heavy atom. The molecule has 0 amide bonds. The van der Waals surface area contributed by atoms with Gasteiger partial charge in [0, 0.05) is 10.9 Å². The minimum atomic E-state index is 0.00148. The van der Waals surface area contributed by atoms with Crippen molar-refractivity contribution in [3.05, 3.63) is 58.4 Å². The highest BCUT2D eigenvalue weighted by Gasteiger charge is 2.13. The lowest BCUT2D eigenvalue weighted by molar-refractivity contribution is 0.224. The Bertz CT molecular complexity index is 942. The van der Waals surface area contributed by atoms with Crippen molar-refractivity contribution in [1.29, 1.82) is 0 Å². The summed E-state index contributed by atoms with van der Waals surface area (Å²) in [5.74, 6) is 1.15. The highest BCUT2D eigenvalue weighted by Crippen LogP contribution is 2.37. The molecule has 0 bridgehead atoms. The van der Waals surface area contributed by atoms with Crippen molar-refractivity contribution >= 4 is 34.3 Å². The van der Waals surface area contributed by atoms with Gasteiger partial charge in [-0.3, -0.25) is 5.43 Å². The molecule has 0 atom stereocenters. The highest BCUT2D eigenvalue weighted by atomic mass is 35.5. The highest BCUT2D eigenvalue weighted by molar-refractivity contribution is 7.14. The van der Waals surface area contributed by atoms with Gasteiger partial charge in [-0.15, -0.1) is 11.3 Å². The number of nitrogens with zero attached hydrogens (tertiary/aromatic N) is 2. The molecule has 3 aromatic rings. The SMILES string of the molecule is CCOc1cc(/C=N\Nc2nc(-c3ccccc3)cs2)cc(Cl)c1OC(C)C. The summed E-state index contributed by atoms with van der Waals surface area (Å²) < 4.78 is 11.5. The van der Waals surface area contributed by atoms with E-state index in [1.54, 1.807) is 12.3 Å². The van der Waals surface area contributed by atoms with Crippen LogP contribution >= 0.6 is 22.9 Å². The lowest BCUT2D eigenvalue weighted by Gasteiger charge is -2.16. The van der Waals surface area contributed by atoms with E-state index in [4.69, 9.17) is 21.1 Å². The second-order valence-electron chi connectivity index (χ2n) is 6.20. The minimum Gasteiger partial charge on any atom is -0.490 e. The number of aromatic nitrogens is 1. The number of hydrogen-bond acceptors (Lipinski definition) is 6. The predicted molar refractivity (Wildman–Crippen MR) is 117 cm³/mol. The molecule has 2 aromatic carbocycles. The summed E-state index contributed by atoms with van der Waals surface area (Å²) in [6, 6.07) is 13.7. The third kappa shape index (κ3) is 5.24. The standard InChI is InChI=1S/C21H22ClN3O2S/c1-4-26-19-11-15(10-17(22)20(19)27-14(2)3)12-23-25-21-24-18(13-28-21)16-8-6-5-7-9-16/h5-14H,4H2,1-3H3,(H,24,25)/b23-12-. The topological polar surface area (TPSA) is 55.7 Å². The van der Waals surface area contributed by atoms with Gasteiger partial charge in [-0.05, 0) is 38.5 Å². The summed E-state index contributed by atoms with van der Waals surface area (Å²) in [7, 11) is 0. The number of nitrogens with one attached hydrogen (secondary N) is 1. The number of hydrazone groups is 1. The van der Waals surface area contributed by atoms with Gasteiger partial charge < -0.3 is 9.47 Å². The van der Waals surface area contributed by atoms with Gasteiger partial charge in [0.05, 0.1) is 29.6 Å². The molecule has 7 heteroatoms. The Labute approximate surface area is 174 Å². The van der Waals surface area contributed by atoms with Crippen molar-refractivity contribution in [2.75, 3.05) is 12.0 Å². The van der Waals surface area contributed by atoms with Crippen LogP contribution in [0, 0.1) is 0 Å². The summed E-state index contributed by atoms with van der Waals surface area (Å²) in [5.41, 5.74) is 5.76. The zero-order chi connectivity index (χ0) is 19.9. The number of hydrogen-bond donors (Lipinski definition) is 1. The number of anilines is 1. The van der Waals surface area contributed by atoms with E-state index >= 15 is 0 Å². The molecule has 0 spiro atoms. The van der Waals surface area contributed by atoms with Crippen LogP contribution in [0.15, 0.2) is 52.9 Å². The summed E-state index contributed by atoms with van der Waals surface area (Å²) in [4.78, 5) is 4.55. The molecule has 0 aliphatic carbocycles. The first-order chi connectivity index (χ1) is 13.6. The number of ether oxygens (including phenoxy) is 2. The molecule has 0 fully saturated rings. The fourth-order valence-corrected chi connectivity index (χ4v) is 3.44. The zero-order valence-corrected chi connectivity index (χ0v) is 17.6. The predicted octanol–water partition coefficient (Wildman–Crippen LogP) is 6.10. The second-order valence-corrected chi connectivity index (χ2v) is 7.47. The maximum absolute atomic E-state index is 6.38. The fraction of sp³-hybridized carbons (Fsp3) is 0.238. The van der Waals surface area contributed by atoms with Crippen LogP contribution in [-0.2, 0) is 0 Å². The van der Waals surface area contributed by atoms with E-state index in [1.807, 2.05) is 62.5 Å². The first-order valence-electron chi connectivity index (χ1n) is 8.99. The summed E-state index contributed by atoms with van der Waals surface area (Å²) >= 11 is 7.88. The lowest BCUT2D eigenvalue weighted by Crippen LogP contribution is -2.08. The molecule has 0 unspecified atom stereocenters. The molecule has 0 aliphatic rings. The lowest BCUT2D eigenvalue weighted by atomic mass is 10.2. The Hall–Kier alpha value is -2.57. The van der Waals surface area contributed by atoms with Gasteiger partial charge in [0.1, 0.15) is 0 Å². The Morgan fingerprint density at radius 2 is 2.04 bits per heavy atom. The van der Waals surface area contributed by atoms with E-state index in [-0.39, 0.29) is 6.10 Å². The minimum absolute atomic E-state index is 0.00148. The normalized spacial score (nSPS) is 11.2. The molecular formula is C21H22ClN3O2S. The van der Waals surface area contributed by atoms with E-state index in [0.29, 0.717) is 28.3 Å². The number of benzene rings is 2. The molecule has 28 heavy (non-hydrogen) atoms. The van der Waals surface area contributed by atoms with Crippen LogP contribution in [0.5, 0.6) is 11.5 Å². The maximum Gasteiger partial charge on any atom is 0.203 e. The monoisotopic (exact) mass is 415 g/mol. The molecule has 0 aliphatic heterocycles. The summed E-state index contributed by atoms with van der Waals surface area (Å²) in [5, 5.41) is 7.47. The van der Waals surface area contributed by atoms with Crippen LogP contribution < -0.4 is 14.9 Å². The zero-order valence-electron chi connectivity index (χ0n) is 16.0. The Kier molecular flexibility index (Phi) is 6.90. The van der Waals surface area contributed by atoms with Crippen molar-refractivity contribution in [3.63, 3.8) is 0 Å². The number of halogens is 1. The number of thiazole rings is 1. The van der Waals surface area contributed by atoms with Gasteiger partial charge in [-0.25, -0.2) is 4.98 Å². The molecule has 1 N–H and O–H groups in total. The third-order valence-corrected chi connectivity index (χ3v) is 4.66. The first-order valence-corrected chi connectivity index (χ1v) is 10.3. The molecule has 3 rings (SSSR count). The smallest absolute Gasteiger partial charge is 0.203 e. The molecule has 0 radical (unpaired) electrons. The average Bonchev–Trinajstić information content (AvgIpc) is 3.14. The molecule has 0 saturated heterocycles. The third-order valence-electron chi connectivity index (χ3n) is 3.63. The molecular weight excluding hydrogens is 394 g/mol. The quantitative estimate of drug-likeness (QED) is 0.357. The van der Waals surface area contributed by atoms with Crippen LogP contribution in [0.1, 0.15) is 26.3 Å². The Morgan fingerprint density at radius 1 is 1.25 bits per heavy atom. The van der Waals surface area contributed by atoms with Gasteiger partial charge in [-0.2, -0.15) is 5.10 Å². The van der Waals surface area contributed by atoms with Crippen molar-refractivity contribution in [1.82, 2.24) is 4.98 Å². The summed E-state index contributed by atoms with van der Waals surface area (Å²) in [6.45, 7) is 6.33. The van der Waals surface area contributed by atoms with Crippen molar-refractivity contribution in [2.45, 2.75) is 26.9 Å². The Balaban J connectivity index is 1.73. The van der Waals surface area contributed by atoms with Crippen LogP contribution in [0.3, 0.4) is 0 Å². The van der Waals surface area contributed by atoms with Crippen LogP contribution in [0.2, 0.25) is 5.02 Å². The van der Waals surface area contributed by atoms with Gasteiger partial charge in [0.2, 0.25) is 5.13 Å². The second kappa shape index (κ2) is 9.57. The molecule has 5 nitrogen and oxygen atoms in total. The van der Waals surface area contributed by atoms with Crippen LogP contribution in [0.25, 0.3) is 11.3 Å². The first kappa shape index (κ1) is 20.2. The number of rotatable bonds is 8. The molecule has 0 saturated carbocycles. The van der Waals surface area contributed by atoms with E-state index in [2.05, 4.69) is 15.5 Å². The fourth-order valence-electron chi connectivity index (χ4n) is 2.50. The van der Waals surface area contributed by atoms with E-state index in [1.165, 1.54) is 11.3 Å². The maximum atomic E-state index is 6.38. The van der Waals surface area contributed by atoms with E-state index in [0.717, 1.165) is 16.8 Å². The van der Waals surface area contributed by atoms with Crippen molar-refractivity contribution in [2.24, 2.45) is 5.10 Å². The van der Waals surface area contributed by atoms with E-state index in [9.17, 15) is 0 Å². The summed E-state index contributed by atoms with van der Waals surface area (Å²) in [6.07, 6.45) is 1.68. The molecule has 1 aromatic heterocycles. The van der Waals surface area contributed by atoms with Gasteiger partial charge in [0.25, 0.3) is 0 Å². The van der Waals surface area contributed by atoms with Gasteiger partial charge in [0.15, 0.2) is 11.5 Å². The average molecular weight is 416 g/mol. The van der Waals surface area contributed by atoms with Crippen LogP contribution in [0.4, 0.5) is 5.13 Å². The van der Waals surface area contributed by atoms with Crippen LogP contribution in [-0.4, -0.2) is 23.9 Å².